The summed E-state index contributed by atoms with van der Waals surface area (Å²) in [4.78, 5) is 7.08. The molecule has 0 aliphatic rings. The molecule has 402 valence electrons. The Kier molecular flexibility index (Phi) is 14.0. The van der Waals surface area contributed by atoms with Crippen LogP contribution in [0, 0.1) is 6.92 Å². The second-order valence-electron chi connectivity index (χ2n) is 21.3. The Bertz CT molecular complexity index is 4470. The highest BCUT2D eigenvalue weighted by Gasteiger charge is 2.27. The lowest BCUT2D eigenvalue weighted by molar-refractivity contribution is 0.746. The normalized spacial score (nSPS) is 11.6. The van der Waals surface area contributed by atoms with Crippen molar-refractivity contribution in [3.8, 4) is 79.2 Å². The zero-order valence-electron chi connectivity index (χ0n) is 46.6. The molecule has 5 heterocycles. The molecule has 1 unspecified atom stereocenters. The van der Waals surface area contributed by atoms with Gasteiger partial charge in [0.05, 0.1) is 34.2 Å². The summed E-state index contributed by atoms with van der Waals surface area (Å²) in [6, 6.07) is 114. The summed E-state index contributed by atoms with van der Waals surface area (Å²) < 4.78 is 9.64. The minimum atomic E-state index is -0.0111. The molecule has 1 atom stereocenters. The lowest BCUT2D eigenvalue weighted by Crippen LogP contribution is -2.15. The van der Waals surface area contributed by atoms with E-state index in [0.717, 1.165) is 108 Å². The Morgan fingerprint density at radius 2 is 0.774 bits per heavy atom. The quantitative estimate of drug-likeness (QED) is 0.0967. The van der Waals surface area contributed by atoms with Crippen molar-refractivity contribution in [1.29, 1.82) is 0 Å². The fourth-order valence-electron chi connectivity index (χ4n) is 12.1. The second kappa shape index (κ2) is 22.9. The van der Waals surface area contributed by atoms with Crippen molar-refractivity contribution in [1.82, 2.24) is 23.3 Å². The van der Waals surface area contributed by atoms with Crippen molar-refractivity contribution in [2.75, 3.05) is 4.90 Å². The molecule has 0 radical (unpaired) electrons. The molecule has 0 aliphatic heterocycles. The first kappa shape index (κ1) is 51.2. The average molecular weight is 1080 g/mol. The minimum Gasteiger partial charge on any atom is -0.312 e. The first-order valence-electron chi connectivity index (χ1n) is 28.8. The smallest absolute Gasteiger partial charge is 0.122 e. The van der Waals surface area contributed by atoms with E-state index in [0.29, 0.717) is 0 Å². The molecule has 6 heteroatoms. The van der Waals surface area contributed by atoms with E-state index in [1.165, 1.54) is 16.8 Å². The third kappa shape index (κ3) is 9.96. The number of aryl methyl sites for hydroxylation is 1. The number of para-hydroxylation sites is 4. The molecule has 6 nitrogen and oxygen atoms in total. The molecule has 0 spiro atoms. The van der Waals surface area contributed by atoms with Gasteiger partial charge in [-0.25, -0.2) is 0 Å². The predicted molar refractivity (Wildman–Crippen MR) is 347 cm³/mol. The van der Waals surface area contributed by atoms with Gasteiger partial charge in [0.15, 0.2) is 0 Å². The van der Waals surface area contributed by atoms with E-state index in [2.05, 4.69) is 351 Å². The monoisotopic (exact) mass is 1080 g/mol. The van der Waals surface area contributed by atoms with Crippen molar-refractivity contribution in [2.45, 2.75) is 19.3 Å². The van der Waals surface area contributed by atoms with E-state index in [1.54, 1.807) is 0 Å². The van der Waals surface area contributed by atoms with Gasteiger partial charge in [0.25, 0.3) is 0 Å². The van der Waals surface area contributed by atoms with Crippen molar-refractivity contribution in [3.05, 3.63) is 350 Å². The fourth-order valence-corrected chi connectivity index (χ4v) is 12.1. The van der Waals surface area contributed by atoms with E-state index in [9.17, 15) is 0 Å². The third-order valence-electron chi connectivity index (χ3n) is 16.0. The largest absolute Gasteiger partial charge is 0.312 e. The Labute approximate surface area is 491 Å². The molecule has 5 aromatic heterocycles. The Balaban J connectivity index is 0.824. The molecule has 84 heavy (non-hydrogen) atoms. The molecule has 0 bridgehead atoms. The second-order valence-corrected chi connectivity index (χ2v) is 21.3. The fraction of sp³-hybridized carbons (Fsp3) is 0.0385. The van der Waals surface area contributed by atoms with Gasteiger partial charge in [-0.15, -0.1) is 0 Å². The lowest BCUT2D eigenvalue weighted by atomic mass is 9.89. The molecule has 14 aromatic rings. The summed E-state index contributed by atoms with van der Waals surface area (Å²) in [5.41, 5.74) is 22.6. The first-order chi connectivity index (χ1) is 41.6. The van der Waals surface area contributed by atoms with Crippen molar-refractivity contribution in [2.24, 2.45) is 0 Å². The van der Waals surface area contributed by atoms with Gasteiger partial charge in [0.1, 0.15) is 5.82 Å². The van der Waals surface area contributed by atoms with Gasteiger partial charge in [-0.1, -0.05) is 188 Å². The zero-order valence-corrected chi connectivity index (χ0v) is 46.6. The van der Waals surface area contributed by atoms with E-state index >= 15 is 0 Å². The van der Waals surface area contributed by atoms with Crippen LogP contribution in [0.1, 0.15) is 28.3 Å². The van der Waals surface area contributed by atoms with Crippen molar-refractivity contribution < 1.29 is 0 Å². The van der Waals surface area contributed by atoms with Crippen LogP contribution in [-0.4, -0.2) is 23.3 Å². The van der Waals surface area contributed by atoms with Crippen LogP contribution >= 0.6 is 0 Å². The Hall–Kier alpha value is -11.0. The SMILES string of the molecule is Cc1cccc(N(c2ccc(-c3ccc(CC(c4cccnc4)c4ccc(-c5ccc(-c6ccccc6)n5-c5ccccc5)n4-c4ccccc4)cc3)cc2)c2ccc(-c3ccc(-c4ccccc4)n3-c3ccccc3)n2-c2ccccc2)c1. The molecule has 0 aliphatic carbocycles. The van der Waals surface area contributed by atoms with Crippen LogP contribution in [-0.2, 0) is 6.42 Å². The summed E-state index contributed by atoms with van der Waals surface area (Å²) in [7, 11) is 0. The number of aromatic nitrogens is 5. The number of rotatable bonds is 16. The Morgan fingerprint density at radius 3 is 1.29 bits per heavy atom. The minimum absolute atomic E-state index is 0.0111. The molecule has 14 rings (SSSR count). The summed E-state index contributed by atoms with van der Waals surface area (Å²) in [6.07, 6.45) is 4.67. The summed E-state index contributed by atoms with van der Waals surface area (Å²) in [6.45, 7) is 2.16. The van der Waals surface area contributed by atoms with Gasteiger partial charge in [0.2, 0.25) is 0 Å². The van der Waals surface area contributed by atoms with Crippen molar-refractivity contribution >= 4 is 17.2 Å². The van der Waals surface area contributed by atoms with Crippen LogP contribution in [0.4, 0.5) is 17.2 Å². The molecule has 0 fully saturated rings. The van der Waals surface area contributed by atoms with Gasteiger partial charge in [-0.2, -0.15) is 0 Å². The molecule has 9 aromatic carbocycles. The van der Waals surface area contributed by atoms with Gasteiger partial charge < -0.3 is 13.7 Å². The van der Waals surface area contributed by atoms with Crippen LogP contribution in [0.25, 0.3) is 79.2 Å². The van der Waals surface area contributed by atoms with Gasteiger partial charge in [-0.3, -0.25) is 14.5 Å². The number of benzene rings is 9. The number of anilines is 3. The van der Waals surface area contributed by atoms with Crippen LogP contribution in [0.5, 0.6) is 0 Å². The molecule has 0 N–H and O–H groups in total. The van der Waals surface area contributed by atoms with Crippen LogP contribution in [0.2, 0.25) is 0 Å². The van der Waals surface area contributed by atoms with Crippen LogP contribution in [0.15, 0.2) is 328 Å². The van der Waals surface area contributed by atoms with Crippen molar-refractivity contribution in [3.63, 3.8) is 0 Å². The van der Waals surface area contributed by atoms with E-state index in [1.807, 2.05) is 12.4 Å². The topological polar surface area (TPSA) is 35.9 Å². The maximum Gasteiger partial charge on any atom is 0.122 e. The highest BCUT2D eigenvalue weighted by Crippen LogP contribution is 2.44. The van der Waals surface area contributed by atoms with E-state index < -0.39 is 0 Å². The third-order valence-corrected chi connectivity index (χ3v) is 16.0. The van der Waals surface area contributed by atoms with Crippen LogP contribution in [0.3, 0.4) is 0 Å². The van der Waals surface area contributed by atoms with E-state index in [-0.39, 0.29) is 5.92 Å². The van der Waals surface area contributed by atoms with Crippen LogP contribution < -0.4 is 4.90 Å². The number of hydrogen-bond donors (Lipinski definition) is 0. The standard InChI is InChI=1S/C78H60N6/c1-57-22-20-36-69(54-57)80(78-52-51-77(84(78)67-34-18-7-19-35-67)76-49-46-72(62-25-10-3-11-26-62)82(76)65-30-14-5-15-31-65)68-43-41-60(42-44-68)59-39-37-58(38-40-59)55-70(63-27-21-53-79-56-63)73-47-50-75(83(73)66-32-16-6-17-33-66)74-48-45-71(61-23-8-2-9-24-61)81(74)64-28-12-4-13-29-64/h2-54,56,70H,55H2,1H3. The van der Waals surface area contributed by atoms with Gasteiger partial charge in [0, 0.05) is 58.1 Å². The van der Waals surface area contributed by atoms with Gasteiger partial charge in [-0.05, 0) is 180 Å². The number of nitrogens with zero attached hydrogens (tertiary/aromatic N) is 6. The highest BCUT2D eigenvalue weighted by atomic mass is 15.3. The number of pyridine rings is 1. The maximum atomic E-state index is 4.69. The summed E-state index contributed by atoms with van der Waals surface area (Å²) >= 11 is 0. The first-order valence-corrected chi connectivity index (χ1v) is 28.8. The predicted octanol–water partition coefficient (Wildman–Crippen LogP) is 19.7. The summed E-state index contributed by atoms with van der Waals surface area (Å²) in [5.74, 6) is 1.01. The molecule has 0 amide bonds. The Morgan fingerprint density at radius 1 is 0.333 bits per heavy atom. The average Bonchev–Trinajstić information content (AvgIpc) is 4.45. The number of hydrogen-bond acceptors (Lipinski definition) is 2. The molecular formula is C78H60N6. The van der Waals surface area contributed by atoms with Gasteiger partial charge >= 0.3 is 0 Å². The molecular weight excluding hydrogens is 1020 g/mol. The van der Waals surface area contributed by atoms with E-state index in [4.69, 9.17) is 0 Å². The lowest BCUT2D eigenvalue weighted by Gasteiger charge is -2.28. The molecule has 0 saturated heterocycles. The zero-order chi connectivity index (χ0) is 56.2. The molecule has 0 saturated carbocycles. The summed E-state index contributed by atoms with van der Waals surface area (Å²) in [5, 5.41) is 0. The highest BCUT2D eigenvalue weighted by molar-refractivity contribution is 5.83. The maximum absolute atomic E-state index is 4.69.